The second-order valence-corrected chi connectivity index (χ2v) is 5.41. The summed E-state index contributed by atoms with van der Waals surface area (Å²) in [7, 11) is 0. The number of carbonyl (C=O) groups is 1. The van der Waals surface area contributed by atoms with Gasteiger partial charge in [0.1, 0.15) is 5.75 Å². The third-order valence-corrected chi connectivity index (χ3v) is 3.57. The molecule has 0 saturated heterocycles. The Morgan fingerprint density at radius 1 is 1.00 bits per heavy atom. The summed E-state index contributed by atoms with van der Waals surface area (Å²) in [6.45, 7) is 3.68. The summed E-state index contributed by atoms with van der Waals surface area (Å²) in [5.74, 6) is 0.488. The van der Waals surface area contributed by atoms with Crippen LogP contribution >= 0.6 is 0 Å². The number of carbonyl (C=O) groups excluding carboxylic acids is 1. The molecule has 116 valence electrons. The number of rotatable bonds is 4. The van der Waals surface area contributed by atoms with Crippen molar-refractivity contribution in [2.75, 3.05) is 6.61 Å². The summed E-state index contributed by atoms with van der Waals surface area (Å²) >= 11 is 0. The van der Waals surface area contributed by atoms with Gasteiger partial charge >= 0.3 is 0 Å². The van der Waals surface area contributed by atoms with E-state index in [0.717, 1.165) is 22.5 Å². The Balaban J connectivity index is 1.65. The second kappa shape index (κ2) is 6.48. The van der Waals surface area contributed by atoms with Crippen molar-refractivity contribution in [2.24, 2.45) is 0 Å². The third kappa shape index (κ3) is 3.48. The zero-order chi connectivity index (χ0) is 16.2. The molecule has 0 aliphatic rings. The van der Waals surface area contributed by atoms with Crippen molar-refractivity contribution in [2.45, 2.75) is 13.8 Å². The summed E-state index contributed by atoms with van der Waals surface area (Å²) in [4.78, 5) is 12.1. The van der Waals surface area contributed by atoms with Crippen LogP contribution in [0.15, 0.2) is 60.7 Å². The van der Waals surface area contributed by atoms with Crippen LogP contribution < -0.4 is 4.74 Å². The Bertz CT molecular complexity index is 805. The molecular weight excluding hydrogens is 288 g/mol. The Kier molecular flexibility index (Phi) is 4.24. The lowest BCUT2D eigenvalue weighted by Gasteiger charge is -2.08. The van der Waals surface area contributed by atoms with Crippen LogP contribution in [-0.4, -0.2) is 22.3 Å². The van der Waals surface area contributed by atoms with Gasteiger partial charge in [0.2, 0.25) is 0 Å². The Hall–Kier alpha value is -2.88. The average molecular weight is 306 g/mol. The van der Waals surface area contributed by atoms with Crippen molar-refractivity contribution in [3.05, 3.63) is 72.1 Å². The Labute approximate surface area is 135 Å². The zero-order valence-corrected chi connectivity index (χ0v) is 13.2. The van der Waals surface area contributed by atoms with E-state index in [-0.39, 0.29) is 12.5 Å². The molecule has 0 radical (unpaired) electrons. The monoisotopic (exact) mass is 306 g/mol. The number of benzene rings is 2. The minimum absolute atomic E-state index is 0.0351. The Morgan fingerprint density at radius 2 is 1.65 bits per heavy atom. The fraction of sp³-hybridized carbons (Fsp3) is 0.158. The first-order valence-corrected chi connectivity index (χ1v) is 7.48. The second-order valence-electron chi connectivity index (χ2n) is 5.41. The van der Waals surface area contributed by atoms with Crippen molar-refractivity contribution in [3.8, 4) is 16.9 Å². The van der Waals surface area contributed by atoms with Gasteiger partial charge < -0.3 is 4.74 Å². The molecule has 0 saturated carbocycles. The zero-order valence-electron chi connectivity index (χ0n) is 13.2. The maximum absolute atomic E-state index is 12.1. The van der Waals surface area contributed by atoms with Gasteiger partial charge in [0.15, 0.2) is 6.61 Å². The van der Waals surface area contributed by atoms with Crippen LogP contribution in [0.4, 0.5) is 0 Å². The van der Waals surface area contributed by atoms with E-state index < -0.39 is 0 Å². The molecule has 1 heterocycles. The molecule has 0 fully saturated rings. The highest BCUT2D eigenvalue weighted by atomic mass is 16.5. The van der Waals surface area contributed by atoms with Gasteiger partial charge in [-0.1, -0.05) is 42.5 Å². The lowest BCUT2D eigenvalue weighted by atomic mass is 10.1. The quantitative estimate of drug-likeness (QED) is 0.734. The molecule has 1 aromatic heterocycles. The molecule has 2 aromatic carbocycles. The fourth-order valence-corrected chi connectivity index (χ4v) is 2.46. The van der Waals surface area contributed by atoms with Crippen molar-refractivity contribution in [3.63, 3.8) is 0 Å². The Morgan fingerprint density at radius 3 is 2.26 bits per heavy atom. The van der Waals surface area contributed by atoms with Crippen LogP contribution in [-0.2, 0) is 0 Å². The highest BCUT2D eigenvalue weighted by Gasteiger charge is 2.10. The van der Waals surface area contributed by atoms with Crippen LogP contribution in [0.1, 0.15) is 16.2 Å². The van der Waals surface area contributed by atoms with Crippen LogP contribution in [0.5, 0.6) is 5.75 Å². The number of hydrogen-bond donors (Lipinski definition) is 0. The maximum Gasteiger partial charge on any atom is 0.284 e. The van der Waals surface area contributed by atoms with E-state index in [9.17, 15) is 4.79 Å². The number of aryl methyl sites for hydroxylation is 2. The molecule has 0 N–H and O–H groups in total. The molecule has 23 heavy (non-hydrogen) atoms. The molecule has 0 aliphatic heterocycles. The van der Waals surface area contributed by atoms with Gasteiger partial charge in [-0.05, 0) is 43.2 Å². The first-order chi connectivity index (χ1) is 11.1. The molecule has 0 aliphatic carbocycles. The van der Waals surface area contributed by atoms with E-state index in [1.54, 1.807) is 0 Å². The molecule has 0 unspecified atom stereocenters. The minimum atomic E-state index is -0.178. The normalized spacial score (nSPS) is 10.5. The van der Waals surface area contributed by atoms with E-state index in [0.29, 0.717) is 5.75 Å². The summed E-state index contributed by atoms with van der Waals surface area (Å²) in [6.07, 6.45) is 0. The fourth-order valence-electron chi connectivity index (χ4n) is 2.46. The van der Waals surface area contributed by atoms with Crippen molar-refractivity contribution < 1.29 is 9.53 Å². The SMILES string of the molecule is Cc1cc(C)n(C(=O)COc2ccc(-c3ccccc3)cc2)n1. The molecule has 4 nitrogen and oxygen atoms in total. The summed E-state index contributed by atoms with van der Waals surface area (Å²) in [5.41, 5.74) is 3.90. The van der Waals surface area contributed by atoms with Crippen LogP contribution in [0, 0.1) is 13.8 Å². The molecule has 3 rings (SSSR count). The minimum Gasteiger partial charge on any atom is -0.484 e. The van der Waals surface area contributed by atoms with Gasteiger partial charge in [0.05, 0.1) is 5.69 Å². The lowest BCUT2D eigenvalue weighted by molar-refractivity contribution is 0.0818. The molecule has 3 aromatic rings. The summed E-state index contributed by atoms with van der Waals surface area (Å²) in [5, 5.41) is 4.16. The van der Waals surface area contributed by atoms with Gasteiger partial charge in [0, 0.05) is 5.69 Å². The standard InChI is InChI=1S/C19H18N2O2/c1-14-12-15(2)21(20-14)19(22)13-23-18-10-8-17(9-11-18)16-6-4-3-5-7-16/h3-12H,13H2,1-2H3. The predicted molar refractivity (Wildman–Crippen MR) is 89.7 cm³/mol. The molecule has 0 atom stereocenters. The van der Waals surface area contributed by atoms with Crippen molar-refractivity contribution in [1.82, 2.24) is 9.78 Å². The van der Waals surface area contributed by atoms with Gasteiger partial charge in [0.25, 0.3) is 5.91 Å². The van der Waals surface area contributed by atoms with Gasteiger partial charge in [-0.25, -0.2) is 4.68 Å². The number of aromatic nitrogens is 2. The van der Waals surface area contributed by atoms with Crippen LogP contribution in [0.3, 0.4) is 0 Å². The summed E-state index contributed by atoms with van der Waals surface area (Å²) in [6, 6.07) is 19.7. The van der Waals surface area contributed by atoms with E-state index in [4.69, 9.17) is 4.74 Å². The maximum atomic E-state index is 12.1. The van der Waals surface area contributed by atoms with Crippen LogP contribution in [0.25, 0.3) is 11.1 Å². The van der Waals surface area contributed by atoms with Gasteiger partial charge in [-0.2, -0.15) is 5.10 Å². The van der Waals surface area contributed by atoms with Gasteiger partial charge in [-0.3, -0.25) is 4.79 Å². The molecule has 0 spiro atoms. The first kappa shape index (κ1) is 15.0. The number of hydrogen-bond acceptors (Lipinski definition) is 3. The number of nitrogens with zero attached hydrogens (tertiary/aromatic N) is 2. The van der Waals surface area contributed by atoms with Gasteiger partial charge in [-0.15, -0.1) is 0 Å². The van der Waals surface area contributed by atoms with Crippen LogP contribution in [0.2, 0.25) is 0 Å². The van der Waals surface area contributed by atoms with E-state index in [1.807, 2.05) is 62.4 Å². The lowest BCUT2D eigenvalue weighted by Crippen LogP contribution is -2.21. The topological polar surface area (TPSA) is 44.1 Å². The van der Waals surface area contributed by atoms with Crippen molar-refractivity contribution >= 4 is 5.91 Å². The van der Waals surface area contributed by atoms with E-state index in [2.05, 4.69) is 17.2 Å². The molecule has 0 bridgehead atoms. The first-order valence-electron chi connectivity index (χ1n) is 7.48. The van der Waals surface area contributed by atoms with E-state index >= 15 is 0 Å². The molecular formula is C19H18N2O2. The highest BCUT2D eigenvalue weighted by molar-refractivity contribution is 5.80. The smallest absolute Gasteiger partial charge is 0.284 e. The van der Waals surface area contributed by atoms with Crippen molar-refractivity contribution in [1.29, 1.82) is 0 Å². The third-order valence-electron chi connectivity index (χ3n) is 3.57. The summed E-state index contributed by atoms with van der Waals surface area (Å²) < 4.78 is 6.95. The average Bonchev–Trinajstić information content (AvgIpc) is 2.92. The predicted octanol–water partition coefficient (Wildman–Crippen LogP) is 3.89. The largest absolute Gasteiger partial charge is 0.484 e. The number of ether oxygens (including phenoxy) is 1. The molecule has 4 heteroatoms. The molecule has 0 amide bonds. The highest BCUT2D eigenvalue weighted by Crippen LogP contribution is 2.22. The van der Waals surface area contributed by atoms with E-state index in [1.165, 1.54) is 4.68 Å².